The maximum atomic E-state index is 11.3. The Hall–Kier alpha value is -1.29. The predicted octanol–water partition coefficient (Wildman–Crippen LogP) is 3.37. The SMILES string of the molecule is COC(=O)c1ccc(CNC(C)(C)CC(C)(C)C)o1. The molecule has 0 aliphatic heterocycles. The molecule has 0 radical (unpaired) electrons. The standard InChI is InChI=1S/C15H25NO3/c1-14(2,3)10-15(4,5)16-9-11-7-8-12(19-11)13(17)18-6/h7-8,16H,9-10H2,1-6H3. The van der Waals surface area contributed by atoms with Gasteiger partial charge in [0.05, 0.1) is 13.7 Å². The van der Waals surface area contributed by atoms with Crippen LogP contribution in [0.1, 0.15) is 57.4 Å². The van der Waals surface area contributed by atoms with Gasteiger partial charge in [-0.2, -0.15) is 0 Å². The first-order valence-electron chi connectivity index (χ1n) is 6.55. The molecular formula is C15H25NO3. The highest BCUT2D eigenvalue weighted by Gasteiger charge is 2.25. The van der Waals surface area contributed by atoms with Crippen molar-refractivity contribution in [2.24, 2.45) is 5.41 Å². The summed E-state index contributed by atoms with van der Waals surface area (Å²) in [6.07, 6.45) is 1.05. The van der Waals surface area contributed by atoms with Gasteiger partial charge in [0.15, 0.2) is 0 Å². The van der Waals surface area contributed by atoms with E-state index >= 15 is 0 Å². The second-order valence-electron chi connectivity index (χ2n) is 6.73. The molecule has 0 saturated carbocycles. The molecule has 1 aromatic rings. The molecule has 0 aliphatic carbocycles. The number of methoxy groups -OCH3 is 1. The molecule has 0 aromatic carbocycles. The van der Waals surface area contributed by atoms with E-state index in [0.29, 0.717) is 6.54 Å². The fraction of sp³-hybridized carbons (Fsp3) is 0.667. The molecule has 1 aromatic heterocycles. The molecule has 0 unspecified atom stereocenters. The zero-order valence-electron chi connectivity index (χ0n) is 12.8. The Morgan fingerprint density at radius 2 is 1.89 bits per heavy atom. The summed E-state index contributed by atoms with van der Waals surface area (Å²) < 4.78 is 10.0. The molecule has 4 heteroatoms. The normalized spacial score (nSPS) is 12.5. The van der Waals surface area contributed by atoms with E-state index in [1.165, 1.54) is 7.11 Å². The Kier molecular flexibility index (Phi) is 4.80. The van der Waals surface area contributed by atoms with E-state index in [9.17, 15) is 4.79 Å². The molecular weight excluding hydrogens is 242 g/mol. The zero-order valence-corrected chi connectivity index (χ0v) is 12.8. The molecule has 0 aliphatic rings. The molecule has 1 N–H and O–H groups in total. The number of nitrogens with one attached hydrogen (secondary N) is 1. The van der Waals surface area contributed by atoms with Gasteiger partial charge in [0, 0.05) is 5.54 Å². The fourth-order valence-electron chi connectivity index (χ4n) is 2.40. The first-order chi connectivity index (χ1) is 8.63. The monoisotopic (exact) mass is 267 g/mol. The van der Waals surface area contributed by atoms with E-state index in [4.69, 9.17) is 4.42 Å². The van der Waals surface area contributed by atoms with Crippen molar-refractivity contribution in [2.45, 2.75) is 53.1 Å². The van der Waals surface area contributed by atoms with Gasteiger partial charge in [-0.05, 0) is 37.8 Å². The fourth-order valence-corrected chi connectivity index (χ4v) is 2.40. The third-order valence-electron chi connectivity index (χ3n) is 2.76. The molecule has 0 atom stereocenters. The lowest BCUT2D eigenvalue weighted by Crippen LogP contribution is -2.41. The van der Waals surface area contributed by atoms with Crippen LogP contribution in [-0.4, -0.2) is 18.6 Å². The van der Waals surface area contributed by atoms with Gasteiger partial charge in [0.25, 0.3) is 0 Å². The van der Waals surface area contributed by atoms with Crippen LogP contribution in [0.2, 0.25) is 0 Å². The minimum atomic E-state index is -0.444. The average Bonchev–Trinajstić information content (AvgIpc) is 2.71. The van der Waals surface area contributed by atoms with Crippen molar-refractivity contribution in [3.05, 3.63) is 23.7 Å². The third-order valence-corrected chi connectivity index (χ3v) is 2.76. The first-order valence-corrected chi connectivity index (χ1v) is 6.55. The highest BCUT2D eigenvalue weighted by Crippen LogP contribution is 2.27. The van der Waals surface area contributed by atoms with Crippen LogP contribution in [-0.2, 0) is 11.3 Å². The maximum Gasteiger partial charge on any atom is 0.373 e. The van der Waals surface area contributed by atoms with Gasteiger partial charge in [-0.25, -0.2) is 4.79 Å². The van der Waals surface area contributed by atoms with Crippen molar-refractivity contribution in [2.75, 3.05) is 7.11 Å². The summed E-state index contributed by atoms with van der Waals surface area (Å²) >= 11 is 0. The maximum absolute atomic E-state index is 11.3. The van der Waals surface area contributed by atoms with Crippen LogP contribution in [0.4, 0.5) is 0 Å². The molecule has 1 rings (SSSR count). The Bertz CT molecular complexity index is 427. The van der Waals surface area contributed by atoms with Crippen LogP contribution in [0.15, 0.2) is 16.5 Å². The van der Waals surface area contributed by atoms with Gasteiger partial charge in [-0.15, -0.1) is 0 Å². The summed E-state index contributed by atoms with van der Waals surface area (Å²) in [6, 6.07) is 3.44. The third kappa shape index (κ3) is 5.47. The number of rotatable bonds is 5. The Morgan fingerprint density at radius 3 is 2.42 bits per heavy atom. The van der Waals surface area contributed by atoms with E-state index in [-0.39, 0.29) is 16.7 Å². The first kappa shape index (κ1) is 15.8. The molecule has 108 valence electrons. The highest BCUT2D eigenvalue weighted by molar-refractivity contribution is 5.86. The van der Waals surface area contributed by atoms with Crippen molar-refractivity contribution in [1.82, 2.24) is 5.32 Å². The number of carbonyl (C=O) groups excluding carboxylic acids is 1. The van der Waals surface area contributed by atoms with Crippen LogP contribution >= 0.6 is 0 Å². The van der Waals surface area contributed by atoms with E-state index in [0.717, 1.165) is 12.2 Å². The van der Waals surface area contributed by atoms with Crippen molar-refractivity contribution >= 4 is 5.97 Å². The topological polar surface area (TPSA) is 51.5 Å². The van der Waals surface area contributed by atoms with Crippen LogP contribution < -0.4 is 5.32 Å². The quantitative estimate of drug-likeness (QED) is 0.831. The summed E-state index contributed by atoms with van der Waals surface area (Å²) in [4.78, 5) is 11.3. The number of furan rings is 1. The second-order valence-corrected chi connectivity index (χ2v) is 6.73. The van der Waals surface area contributed by atoms with Crippen molar-refractivity contribution in [3.63, 3.8) is 0 Å². The minimum absolute atomic E-state index is 0.0104. The van der Waals surface area contributed by atoms with Gasteiger partial charge in [0.1, 0.15) is 5.76 Å². The lowest BCUT2D eigenvalue weighted by Gasteiger charge is -2.33. The summed E-state index contributed by atoms with van der Waals surface area (Å²) in [5.41, 5.74) is 0.271. The largest absolute Gasteiger partial charge is 0.463 e. The lowest BCUT2D eigenvalue weighted by atomic mass is 9.82. The predicted molar refractivity (Wildman–Crippen MR) is 75.0 cm³/mol. The van der Waals surface area contributed by atoms with Gasteiger partial charge in [0.2, 0.25) is 5.76 Å². The molecule has 0 bridgehead atoms. The number of hydrogen-bond acceptors (Lipinski definition) is 4. The molecule has 0 amide bonds. The molecule has 0 fully saturated rings. The molecule has 0 spiro atoms. The van der Waals surface area contributed by atoms with E-state index < -0.39 is 5.97 Å². The van der Waals surface area contributed by atoms with Gasteiger partial charge >= 0.3 is 5.97 Å². The lowest BCUT2D eigenvalue weighted by molar-refractivity contribution is 0.0562. The smallest absolute Gasteiger partial charge is 0.373 e. The molecule has 19 heavy (non-hydrogen) atoms. The second kappa shape index (κ2) is 5.78. The van der Waals surface area contributed by atoms with E-state index in [1.807, 2.05) is 0 Å². The van der Waals surface area contributed by atoms with Gasteiger partial charge in [-0.3, -0.25) is 0 Å². The van der Waals surface area contributed by atoms with Crippen molar-refractivity contribution < 1.29 is 13.9 Å². The average molecular weight is 267 g/mol. The summed E-state index contributed by atoms with van der Waals surface area (Å²) in [7, 11) is 1.34. The summed E-state index contributed by atoms with van der Waals surface area (Å²) in [5.74, 6) is 0.538. The molecule has 1 heterocycles. The van der Waals surface area contributed by atoms with Gasteiger partial charge in [-0.1, -0.05) is 20.8 Å². The Labute approximate surface area is 115 Å². The summed E-state index contributed by atoms with van der Waals surface area (Å²) in [5, 5.41) is 3.46. The van der Waals surface area contributed by atoms with Crippen LogP contribution in [0, 0.1) is 5.41 Å². The van der Waals surface area contributed by atoms with Crippen molar-refractivity contribution in [1.29, 1.82) is 0 Å². The number of carbonyl (C=O) groups is 1. The Balaban J connectivity index is 2.57. The van der Waals surface area contributed by atoms with Crippen molar-refractivity contribution in [3.8, 4) is 0 Å². The molecule has 0 saturated heterocycles. The number of esters is 1. The summed E-state index contributed by atoms with van der Waals surface area (Å²) in [6.45, 7) is 11.6. The van der Waals surface area contributed by atoms with Crippen LogP contribution in [0.25, 0.3) is 0 Å². The number of hydrogen-bond donors (Lipinski definition) is 1. The van der Waals surface area contributed by atoms with E-state index in [2.05, 4.69) is 44.7 Å². The zero-order chi connectivity index (χ0) is 14.7. The Morgan fingerprint density at radius 1 is 1.26 bits per heavy atom. The highest BCUT2D eigenvalue weighted by atomic mass is 16.5. The van der Waals surface area contributed by atoms with Crippen LogP contribution in [0.5, 0.6) is 0 Å². The molecule has 4 nitrogen and oxygen atoms in total. The number of ether oxygens (including phenoxy) is 1. The van der Waals surface area contributed by atoms with Gasteiger partial charge < -0.3 is 14.5 Å². The van der Waals surface area contributed by atoms with Crippen LogP contribution in [0.3, 0.4) is 0 Å². The van der Waals surface area contributed by atoms with E-state index in [1.54, 1.807) is 12.1 Å². The minimum Gasteiger partial charge on any atom is -0.463 e.